The van der Waals surface area contributed by atoms with Gasteiger partial charge in [0.25, 0.3) is 5.91 Å². The van der Waals surface area contributed by atoms with E-state index < -0.39 is 6.04 Å². The van der Waals surface area contributed by atoms with Crippen molar-refractivity contribution in [2.45, 2.75) is 52.2 Å². The predicted octanol–water partition coefficient (Wildman–Crippen LogP) is 4.95. The molecular formula is C31H38N2O5. The number of nitrogens with zero attached hydrogens (tertiary/aromatic N) is 1. The highest BCUT2D eigenvalue weighted by Gasteiger charge is 2.31. The number of carbonyl (C=O) groups is 2. The van der Waals surface area contributed by atoms with Gasteiger partial charge in [-0.25, -0.2) is 0 Å². The van der Waals surface area contributed by atoms with E-state index >= 15 is 0 Å². The molecule has 0 saturated heterocycles. The number of hydrogen-bond acceptors (Lipinski definition) is 5. The first kappa shape index (κ1) is 28.6. The second-order valence-electron chi connectivity index (χ2n) is 9.37. The SMILES string of the molecule is CC[C@@H](C)NC(=O)[C@@H](Cc1ccccc1)N(Cc1ccc(C)cc1)C(=O)COc1cc(OC)cc(OC)c1. The maximum atomic E-state index is 13.7. The molecule has 1 N–H and O–H groups in total. The summed E-state index contributed by atoms with van der Waals surface area (Å²) in [5.74, 6) is 1.06. The van der Waals surface area contributed by atoms with E-state index in [1.54, 1.807) is 37.3 Å². The Morgan fingerprint density at radius 1 is 0.868 bits per heavy atom. The zero-order valence-corrected chi connectivity index (χ0v) is 22.9. The van der Waals surface area contributed by atoms with E-state index in [4.69, 9.17) is 14.2 Å². The van der Waals surface area contributed by atoms with Crippen LogP contribution in [-0.4, -0.2) is 49.6 Å². The average Bonchev–Trinajstić information content (AvgIpc) is 2.94. The summed E-state index contributed by atoms with van der Waals surface area (Å²) in [5, 5.41) is 3.08. The van der Waals surface area contributed by atoms with Crippen LogP contribution in [0.3, 0.4) is 0 Å². The lowest BCUT2D eigenvalue weighted by Crippen LogP contribution is -2.53. The smallest absolute Gasteiger partial charge is 0.261 e. The number of benzene rings is 3. The third kappa shape index (κ3) is 8.26. The first-order valence-corrected chi connectivity index (χ1v) is 12.9. The first-order valence-electron chi connectivity index (χ1n) is 12.9. The normalized spacial score (nSPS) is 12.2. The molecule has 0 aliphatic heterocycles. The highest BCUT2D eigenvalue weighted by atomic mass is 16.5. The molecule has 2 atom stereocenters. The van der Waals surface area contributed by atoms with Crippen LogP contribution in [0, 0.1) is 6.92 Å². The number of amides is 2. The molecule has 7 nitrogen and oxygen atoms in total. The van der Waals surface area contributed by atoms with Crippen molar-refractivity contribution < 1.29 is 23.8 Å². The summed E-state index contributed by atoms with van der Waals surface area (Å²) in [6.07, 6.45) is 1.17. The van der Waals surface area contributed by atoms with E-state index in [-0.39, 0.29) is 31.0 Å². The Kier molecular flexibility index (Phi) is 10.6. The third-order valence-electron chi connectivity index (χ3n) is 6.43. The van der Waals surface area contributed by atoms with Gasteiger partial charge in [0, 0.05) is 37.2 Å². The van der Waals surface area contributed by atoms with E-state index in [1.165, 1.54) is 0 Å². The molecule has 0 bridgehead atoms. The molecule has 0 heterocycles. The lowest BCUT2D eigenvalue weighted by Gasteiger charge is -2.32. The van der Waals surface area contributed by atoms with Crippen LogP contribution >= 0.6 is 0 Å². The highest BCUT2D eigenvalue weighted by Crippen LogP contribution is 2.27. The zero-order chi connectivity index (χ0) is 27.5. The number of aryl methyl sites for hydroxylation is 1. The lowest BCUT2D eigenvalue weighted by atomic mass is 10.0. The van der Waals surface area contributed by atoms with Crippen LogP contribution in [0.15, 0.2) is 72.8 Å². The van der Waals surface area contributed by atoms with Crippen LogP contribution in [0.2, 0.25) is 0 Å². The fourth-order valence-corrected chi connectivity index (χ4v) is 3.98. The highest BCUT2D eigenvalue weighted by molar-refractivity contribution is 5.88. The minimum Gasteiger partial charge on any atom is -0.496 e. The molecule has 0 fully saturated rings. The van der Waals surface area contributed by atoms with Crippen molar-refractivity contribution in [1.29, 1.82) is 0 Å². The van der Waals surface area contributed by atoms with Gasteiger partial charge in [-0.2, -0.15) is 0 Å². The van der Waals surface area contributed by atoms with E-state index in [9.17, 15) is 9.59 Å². The Balaban J connectivity index is 1.92. The van der Waals surface area contributed by atoms with Gasteiger partial charge in [0.1, 0.15) is 23.3 Å². The number of rotatable bonds is 13. The van der Waals surface area contributed by atoms with Crippen LogP contribution in [0.4, 0.5) is 0 Å². The van der Waals surface area contributed by atoms with Crippen molar-refractivity contribution in [3.8, 4) is 17.2 Å². The lowest BCUT2D eigenvalue weighted by molar-refractivity contribution is -0.143. The molecule has 0 unspecified atom stereocenters. The fraction of sp³-hybridized carbons (Fsp3) is 0.355. The van der Waals surface area contributed by atoms with Crippen molar-refractivity contribution in [3.05, 3.63) is 89.5 Å². The van der Waals surface area contributed by atoms with Gasteiger partial charge < -0.3 is 24.4 Å². The molecule has 38 heavy (non-hydrogen) atoms. The third-order valence-corrected chi connectivity index (χ3v) is 6.43. The van der Waals surface area contributed by atoms with Gasteiger partial charge in [-0.05, 0) is 31.4 Å². The molecule has 0 aliphatic carbocycles. The summed E-state index contributed by atoms with van der Waals surface area (Å²) in [6.45, 7) is 6.02. The minimum absolute atomic E-state index is 0.0161. The van der Waals surface area contributed by atoms with Gasteiger partial charge in [0.05, 0.1) is 14.2 Å². The summed E-state index contributed by atoms with van der Waals surface area (Å²) >= 11 is 0. The topological polar surface area (TPSA) is 77.1 Å². The van der Waals surface area contributed by atoms with Crippen molar-refractivity contribution >= 4 is 11.8 Å². The van der Waals surface area contributed by atoms with Gasteiger partial charge in [-0.1, -0.05) is 67.1 Å². The van der Waals surface area contributed by atoms with Gasteiger partial charge in [-0.15, -0.1) is 0 Å². The molecule has 3 aromatic carbocycles. The summed E-state index contributed by atoms with van der Waals surface area (Å²) in [6, 6.07) is 22.1. The molecule has 3 aromatic rings. The van der Waals surface area contributed by atoms with E-state index in [0.717, 1.165) is 23.1 Å². The monoisotopic (exact) mass is 518 g/mol. The fourth-order valence-electron chi connectivity index (χ4n) is 3.98. The second kappa shape index (κ2) is 14.1. The van der Waals surface area contributed by atoms with Crippen LogP contribution in [0.1, 0.15) is 37.0 Å². The van der Waals surface area contributed by atoms with Gasteiger partial charge in [0.2, 0.25) is 5.91 Å². The number of methoxy groups -OCH3 is 2. The van der Waals surface area contributed by atoms with Gasteiger partial charge in [0.15, 0.2) is 6.61 Å². The van der Waals surface area contributed by atoms with Crippen molar-refractivity contribution in [3.63, 3.8) is 0 Å². The molecule has 2 amide bonds. The average molecular weight is 519 g/mol. The molecule has 202 valence electrons. The maximum Gasteiger partial charge on any atom is 0.261 e. The van der Waals surface area contributed by atoms with E-state index in [0.29, 0.717) is 23.7 Å². The molecule has 0 radical (unpaired) electrons. The quantitative estimate of drug-likeness (QED) is 0.347. The van der Waals surface area contributed by atoms with E-state index in [2.05, 4.69) is 5.32 Å². The molecule has 0 saturated carbocycles. The first-order chi connectivity index (χ1) is 18.3. The van der Waals surface area contributed by atoms with Gasteiger partial charge in [-0.3, -0.25) is 9.59 Å². The van der Waals surface area contributed by atoms with Crippen LogP contribution < -0.4 is 19.5 Å². The Hall–Kier alpha value is -4.00. The molecule has 7 heteroatoms. The summed E-state index contributed by atoms with van der Waals surface area (Å²) in [5.41, 5.74) is 3.02. The number of carbonyl (C=O) groups excluding carboxylic acids is 2. The minimum atomic E-state index is -0.719. The standard InChI is InChI=1S/C31H38N2O5/c1-6-23(3)32-31(35)29(16-24-10-8-7-9-11-24)33(20-25-14-12-22(2)13-15-25)30(34)21-38-28-18-26(36-4)17-27(19-28)37-5/h7-15,17-19,23,29H,6,16,20-21H2,1-5H3,(H,32,35)/t23-,29-/m1/s1. The van der Waals surface area contributed by atoms with Crippen LogP contribution in [-0.2, 0) is 22.6 Å². The number of nitrogens with one attached hydrogen (secondary N) is 1. The summed E-state index contributed by atoms with van der Waals surface area (Å²) in [7, 11) is 3.11. The number of ether oxygens (including phenoxy) is 3. The second-order valence-corrected chi connectivity index (χ2v) is 9.37. The molecule has 0 spiro atoms. The van der Waals surface area contributed by atoms with Crippen LogP contribution in [0.25, 0.3) is 0 Å². The summed E-state index contributed by atoms with van der Waals surface area (Å²) < 4.78 is 16.5. The predicted molar refractivity (Wildman–Crippen MR) is 149 cm³/mol. The van der Waals surface area contributed by atoms with Crippen molar-refractivity contribution in [2.24, 2.45) is 0 Å². The van der Waals surface area contributed by atoms with Crippen molar-refractivity contribution in [2.75, 3.05) is 20.8 Å². The molecular weight excluding hydrogens is 480 g/mol. The Bertz CT molecular complexity index is 1160. The zero-order valence-electron chi connectivity index (χ0n) is 22.9. The van der Waals surface area contributed by atoms with Crippen molar-refractivity contribution in [1.82, 2.24) is 10.2 Å². The largest absolute Gasteiger partial charge is 0.496 e. The Morgan fingerprint density at radius 2 is 1.47 bits per heavy atom. The maximum absolute atomic E-state index is 13.7. The van der Waals surface area contributed by atoms with Crippen LogP contribution in [0.5, 0.6) is 17.2 Å². The number of hydrogen-bond donors (Lipinski definition) is 1. The molecule has 0 aromatic heterocycles. The summed E-state index contributed by atoms with van der Waals surface area (Å²) in [4.78, 5) is 28.9. The Labute approximate surface area is 225 Å². The van der Waals surface area contributed by atoms with E-state index in [1.807, 2.05) is 75.4 Å². The molecule has 0 aliphatic rings. The Morgan fingerprint density at radius 3 is 2.05 bits per heavy atom. The van der Waals surface area contributed by atoms with Gasteiger partial charge >= 0.3 is 0 Å². The molecule has 3 rings (SSSR count).